The van der Waals surface area contributed by atoms with Gasteiger partial charge in [0.1, 0.15) is 5.75 Å². The number of fused-ring (bicyclic) bond motifs is 1. The fourth-order valence-corrected chi connectivity index (χ4v) is 1.72. The standard InChI is InChI=1S/C12H14N2O/c1-2-14-10-7-11(15)8-5-3-4-6-9(8)12(10)13/h3-7,14-15H,2,13H2,1H3. The molecule has 3 nitrogen and oxygen atoms in total. The molecule has 15 heavy (non-hydrogen) atoms. The summed E-state index contributed by atoms with van der Waals surface area (Å²) in [6.45, 7) is 2.77. The van der Waals surface area contributed by atoms with Crippen LogP contribution < -0.4 is 11.1 Å². The summed E-state index contributed by atoms with van der Waals surface area (Å²) in [6, 6.07) is 9.23. The molecule has 0 aliphatic heterocycles. The van der Waals surface area contributed by atoms with Crippen LogP contribution in [0.2, 0.25) is 0 Å². The topological polar surface area (TPSA) is 58.3 Å². The zero-order chi connectivity index (χ0) is 10.8. The van der Waals surface area contributed by atoms with Crippen LogP contribution in [0.3, 0.4) is 0 Å². The van der Waals surface area contributed by atoms with E-state index in [1.807, 2.05) is 31.2 Å². The Morgan fingerprint density at radius 2 is 1.93 bits per heavy atom. The summed E-state index contributed by atoms with van der Waals surface area (Å²) in [6.07, 6.45) is 0. The fraction of sp³-hybridized carbons (Fsp3) is 0.167. The van der Waals surface area contributed by atoms with Crippen molar-refractivity contribution in [1.82, 2.24) is 0 Å². The van der Waals surface area contributed by atoms with Gasteiger partial charge in [0.05, 0.1) is 11.4 Å². The molecule has 0 spiro atoms. The van der Waals surface area contributed by atoms with Gasteiger partial charge in [0, 0.05) is 23.4 Å². The number of phenols is 1. The van der Waals surface area contributed by atoms with E-state index in [0.29, 0.717) is 5.69 Å². The molecule has 0 aliphatic rings. The molecular formula is C12H14N2O. The normalized spacial score (nSPS) is 10.5. The third kappa shape index (κ3) is 1.56. The first-order valence-electron chi connectivity index (χ1n) is 4.98. The second kappa shape index (κ2) is 3.69. The Morgan fingerprint density at radius 3 is 2.60 bits per heavy atom. The lowest BCUT2D eigenvalue weighted by Crippen LogP contribution is -2.01. The number of hydrogen-bond acceptors (Lipinski definition) is 3. The lowest BCUT2D eigenvalue weighted by atomic mass is 10.1. The molecule has 0 aliphatic carbocycles. The van der Waals surface area contributed by atoms with E-state index in [-0.39, 0.29) is 5.75 Å². The van der Waals surface area contributed by atoms with Gasteiger partial charge in [-0.05, 0) is 6.92 Å². The minimum absolute atomic E-state index is 0.260. The number of benzene rings is 2. The van der Waals surface area contributed by atoms with Gasteiger partial charge in [0.15, 0.2) is 0 Å². The van der Waals surface area contributed by atoms with E-state index < -0.39 is 0 Å². The molecule has 2 aromatic carbocycles. The third-order valence-electron chi connectivity index (χ3n) is 2.43. The Balaban J connectivity index is 2.72. The van der Waals surface area contributed by atoms with Crippen LogP contribution in [-0.4, -0.2) is 11.7 Å². The Hall–Kier alpha value is -1.90. The van der Waals surface area contributed by atoms with E-state index in [2.05, 4.69) is 5.32 Å². The molecule has 78 valence electrons. The van der Waals surface area contributed by atoms with Crippen molar-refractivity contribution in [3.63, 3.8) is 0 Å². The number of hydrogen-bond donors (Lipinski definition) is 3. The highest BCUT2D eigenvalue weighted by molar-refractivity contribution is 6.02. The van der Waals surface area contributed by atoms with Crippen LogP contribution in [0.1, 0.15) is 6.92 Å². The van der Waals surface area contributed by atoms with Crippen molar-refractivity contribution in [2.75, 3.05) is 17.6 Å². The Labute approximate surface area is 88.5 Å². The number of aromatic hydroxyl groups is 1. The maximum absolute atomic E-state index is 9.81. The first-order chi connectivity index (χ1) is 7.24. The molecule has 0 aromatic heterocycles. The molecule has 0 heterocycles. The van der Waals surface area contributed by atoms with Crippen LogP contribution in [0.4, 0.5) is 11.4 Å². The summed E-state index contributed by atoms with van der Waals surface area (Å²) in [4.78, 5) is 0. The van der Waals surface area contributed by atoms with Crippen molar-refractivity contribution >= 4 is 22.1 Å². The monoisotopic (exact) mass is 202 g/mol. The predicted octanol–water partition coefficient (Wildman–Crippen LogP) is 2.56. The molecule has 0 atom stereocenters. The molecule has 3 heteroatoms. The lowest BCUT2D eigenvalue weighted by molar-refractivity contribution is 0.482. The van der Waals surface area contributed by atoms with E-state index in [4.69, 9.17) is 5.73 Å². The zero-order valence-electron chi connectivity index (χ0n) is 8.62. The van der Waals surface area contributed by atoms with Crippen LogP contribution in [0, 0.1) is 0 Å². The Morgan fingerprint density at radius 1 is 1.27 bits per heavy atom. The summed E-state index contributed by atoms with van der Waals surface area (Å²) in [5.41, 5.74) is 7.47. The van der Waals surface area contributed by atoms with Gasteiger partial charge in [-0.3, -0.25) is 0 Å². The molecular weight excluding hydrogens is 188 g/mol. The van der Waals surface area contributed by atoms with E-state index in [1.165, 1.54) is 0 Å². The van der Waals surface area contributed by atoms with Gasteiger partial charge in [-0.15, -0.1) is 0 Å². The molecule has 0 amide bonds. The maximum atomic E-state index is 9.81. The number of nitrogens with one attached hydrogen (secondary N) is 1. The summed E-state index contributed by atoms with van der Waals surface area (Å²) < 4.78 is 0. The van der Waals surface area contributed by atoms with Gasteiger partial charge in [-0.2, -0.15) is 0 Å². The maximum Gasteiger partial charge on any atom is 0.125 e. The minimum Gasteiger partial charge on any atom is -0.507 e. The third-order valence-corrected chi connectivity index (χ3v) is 2.43. The highest BCUT2D eigenvalue weighted by Crippen LogP contribution is 2.35. The largest absolute Gasteiger partial charge is 0.507 e. The van der Waals surface area contributed by atoms with Crippen molar-refractivity contribution in [3.05, 3.63) is 30.3 Å². The molecule has 0 radical (unpaired) electrons. The Bertz CT molecular complexity index is 494. The van der Waals surface area contributed by atoms with Crippen molar-refractivity contribution in [2.45, 2.75) is 6.92 Å². The van der Waals surface area contributed by atoms with Crippen molar-refractivity contribution < 1.29 is 5.11 Å². The van der Waals surface area contributed by atoms with Gasteiger partial charge in [-0.1, -0.05) is 24.3 Å². The van der Waals surface area contributed by atoms with Crippen LogP contribution in [0.5, 0.6) is 5.75 Å². The lowest BCUT2D eigenvalue weighted by Gasteiger charge is -2.11. The van der Waals surface area contributed by atoms with Crippen molar-refractivity contribution in [3.8, 4) is 5.75 Å². The van der Waals surface area contributed by atoms with Gasteiger partial charge in [0.25, 0.3) is 0 Å². The second-order valence-corrected chi connectivity index (χ2v) is 3.43. The first kappa shape index (κ1) is 9.65. The number of phenolic OH excluding ortho intramolecular Hbond substituents is 1. The molecule has 2 aromatic rings. The number of rotatable bonds is 2. The van der Waals surface area contributed by atoms with Crippen LogP contribution in [-0.2, 0) is 0 Å². The summed E-state index contributed by atoms with van der Waals surface area (Å²) in [7, 11) is 0. The van der Waals surface area contributed by atoms with E-state index >= 15 is 0 Å². The number of anilines is 2. The highest BCUT2D eigenvalue weighted by atomic mass is 16.3. The van der Waals surface area contributed by atoms with Crippen LogP contribution in [0.15, 0.2) is 30.3 Å². The highest BCUT2D eigenvalue weighted by Gasteiger charge is 2.07. The second-order valence-electron chi connectivity index (χ2n) is 3.43. The average molecular weight is 202 g/mol. The van der Waals surface area contributed by atoms with Gasteiger partial charge in [-0.25, -0.2) is 0 Å². The Kier molecular flexibility index (Phi) is 2.37. The predicted molar refractivity (Wildman–Crippen MR) is 64.2 cm³/mol. The summed E-state index contributed by atoms with van der Waals surface area (Å²) in [5.74, 6) is 0.260. The fourth-order valence-electron chi connectivity index (χ4n) is 1.72. The molecule has 0 fully saturated rings. The molecule has 0 bridgehead atoms. The number of nitrogen functional groups attached to an aromatic ring is 1. The van der Waals surface area contributed by atoms with Gasteiger partial charge < -0.3 is 16.2 Å². The minimum atomic E-state index is 0.260. The molecule has 0 unspecified atom stereocenters. The quantitative estimate of drug-likeness (QED) is 0.518. The summed E-state index contributed by atoms with van der Waals surface area (Å²) >= 11 is 0. The molecule has 0 saturated heterocycles. The zero-order valence-corrected chi connectivity index (χ0v) is 8.62. The van der Waals surface area contributed by atoms with Crippen molar-refractivity contribution in [2.24, 2.45) is 0 Å². The molecule has 0 saturated carbocycles. The van der Waals surface area contributed by atoms with Crippen molar-refractivity contribution in [1.29, 1.82) is 0 Å². The smallest absolute Gasteiger partial charge is 0.125 e. The summed E-state index contributed by atoms with van der Waals surface area (Å²) in [5, 5.41) is 14.6. The number of nitrogens with two attached hydrogens (primary N) is 1. The van der Waals surface area contributed by atoms with E-state index in [0.717, 1.165) is 23.0 Å². The molecule has 2 rings (SSSR count). The first-order valence-corrected chi connectivity index (χ1v) is 4.98. The van der Waals surface area contributed by atoms with E-state index in [1.54, 1.807) is 6.07 Å². The van der Waals surface area contributed by atoms with Gasteiger partial charge >= 0.3 is 0 Å². The SMILES string of the molecule is CCNc1cc(O)c2ccccc2c1N. The average Bonchev–Trinajstić information content (AvgIpc) is 2.26. The molecule has 4 N–H and O–H groups in total. The van der Waals surface area contributed by atoms with E-state index in [9.17, 15) is 5.11 Å². The van der Waals surface area contributed by atoms with Crippen LogP contribution >= 0.6 is 0 Å². The van der Waals surface area contributed by atoms with Crippen LogP contribution in [0.25, 0.3) is 10.8 Å². The van der Waals surface area contributed by atoms with Gasteiger partial charge in [0.2, 0.25) is 0 Å².